The molecule has 0 spiro atoms. The summed E-state index contributed by atoms with van der Waals surface area (Å²) < 4.78 is 9.48. The second-order valence-corrected chi connectivity index (χ2v) is 5.28. The summed E-state index contributed by atoms with van der Waals surface area (Å²) in [6.45, 7) is 1.72. The van der Waals surface area contributed by atoms with Crippen molar-refractivity contribution in [3.63, 3.8) is 0 Å². The van der Waals surface area contributed by atoms with Crippen LogP contribution >= 0.6 is 0 Å². The second-order valence-electron chi connectivity index (χ2n) is 5.28. The highest BCUT2D eigenvalue weighted by Gasteiger charge is 2.24. The molecular formula is C14H24N6O. The summed E-state index contributed by atoms with van der Waals surface area (Å²) in [5.41, 5.74) is 2.09. The van der Waals surface area contributed by atoms with Crippen molar-refractivity contribution >= 4 is 0 Å². The van der Waals surface area contributed by atoms with E-state index in [-0.39, 0.29) is 6.04 Å². The summed E-state index contributed by atoms with van der Waals surface area (Å²) in [6, 6.07) is -0.0166. The van der Waals surface area contributed by atoms with E-state index in [1.165, 1.54) is 0 Å². The van der Waals surface area contributed by atoms with E-state index in [0.717, 1.165) is 30.2 Å². The zero-order valence-corrected chi connectivity index (χ0v) is 13.4. The third-order valence-corrected chi connectivity index (χ3v) is 3.54. The number of aromatic nitrogens is 4. The number of methoxy groups -OCH3 is 1. The van der Waals surface area contributed by atoms with Crippen LogP contribution in [0.3, 0.4) is 0 Å². The van der Waals surface area contributed by atoms with Gasteiger partial charge in [0.25, 0.3) is 0 Å². The first kappa shape index (κ1) is 15.5. The minimum atomic E-state index is -0.0166. The van der Waals surface area contributed by atoms with Gasteiger partial charge in [-0.25, -0.2) is 4.98 Å². The van der Waals surface area contributed by atoms with Gasteiger partial charge in [0.2, 0.25) is 0 Å². The molecule has 21 heavy (non-hydrogen) atoms. The molecule has 0 saturated heterocycles. The fourth-order valence-electron chi connectivity index (χ4n) is 2.37. The van der Waals surface area contributed by atoms with Crippen LogP contribution in [-0.4, -0.2) is 59.0 Å². The number of ether oxygens (including phenoxy) is 1. The predicted molar refractivity (Wildman–Crippen MR) is 81.4 cm³/mol. The highest BCUT2D eigenvalue weighted by molar-refractivity contribution is 5.33. The van der Waals surface area contributed by atoms with Crippen LogP contribution in [0.5, 0.6) is 5.75 Å². The largest absolute Gasteiger partial charge is 0.493 e. The van der Waals surface area contributed by atoms with Crippen LogP contribution in [0.25, 0.3) is 0 Å². The van der Waals surface area contributed by atoms with Crippen molar-refractivity contribution in [1.29, 1.82) is 0 Å². The van der Waals surface area contributed by atoms with Crippen LogP contribution < -0.4 is 10.1 Å². The molecule has 0 bridgehead atoms. The zero-order chi connectivity index (χ0) is 15.4. The smallest absolute Gasteiger partial charge is 0.161 e. The summed E-state index contributed by atoms with van der Waals surface area (Å²) in [6.07, 6.45) is 5.43. The van der Waals surface area contributed by atoms with Crippen molar-refractivity contribution in [2.75, 3.05) is 34.8 Å². The average molecular weight is 292 g/mol. The van der Waals surface area contributed by atoms with Gasteiger partial charge in [-0.05, 0) is 21.1 Å². The molecule has 0 amide bonds. The fourth-order valence-corrected chi connectivity index (χ4v) is 2.37. The lowest BCUT2D eigenvalue weighted by molar-refractivity contribution is 0.360. The number of nitrogens with one attached hydrogen (secondary N) is 1. The van der Waals surface area contributed by atoms with E-state index in [9.17, 15) is 0 Å². The Hall–Kier alpha value is -1.86. The van der Waals surface area contributed by atoms with Gasteiger partial charge in [0.05, 0.1) is 44.1 Å². The van der Waals surface area contributed by atoms with Crippen LogP contribution in [0.2, 0.25) is 0 Å². The molecule has 0 saturated carbocycles. The Bertz CT molecular complexity index is 574. The van der Waals surface area contributed by atoms with Crippen LogP contribution in [0.4, 0.5) is 0 Å². The van der Waals surface area contributed by atoms with Crippen molar-refractivity contribution in [2.24, 2.45) is 7.05 Å². The molecule has 1 atom stereocenters. The predicted octanol–water partition coefficient (Wildman–Crippen LogP) is 0.496. The number of nitrogens with zero attached hydrogens (tertiary/aromatic N) is 5. The number of rotatable bonds is 7. The molecule has 0 aliphatic rings. The van der Waals surface area contributed by atoms with Gasteiger partial charge in [0, 0.05) is 13.6 Å². The molecule has 7 nitrogen and oxygen atoms in total. The number of hydrogen-bond donors (Lipinski definition) is 1. The summed E-state index contributed by atoms with van der Waals surface area (Å²) in [5.74, 6) is 0.786. The van der Waals surface area contributed by atoms with E-state index < -0.39 is 0 Å². The molecule has 0 aliphatic heterocycles. The lowest BCUT2D eigenvalue weighted by Crippen LogP contribution is -2.26. The van der Waals surface area contributed by atoms with Crippen LogP contribution in [0.1, 0.15) is 17.4 Å². The van der Waals surface area contributed by atoms with Crippen LogP contribution in [0, 0.1) is 0 Å². The maximum atomic E-state index is 5.49. The maximum absolute atomic E-state index is 5.49. The van der Waals surface area contributed by atoms with E-state index in [4.69, 9.17) is 4.74 Å². The first-order chi connectivity index (χ1) is 10.1. The molecule has 1 unspecified atom stereocenters. The van der Waals surface area contributed by atoms with Gasteiger partial charge in [-0.3, -0.25) is 4.68 Å². The molecule has 1 N–H and O–H groups in total. The van der Waals surface area contributed by atoms with Crippen molar-refractivity contribution in [3.05, 3.63) is 30.1 Å². The Morgan fingerprint density at radius 3 is 2.67 bits per heavy atom. The summed E-state index contributed by atoms with van der Waals surface area (Å²) in [5, 5.41) is 7.80. The van der Waals surface area contributed by atoms with Crippen molar-refractivity contribution in [3.8, 4) is 5.75 Å². The monoisotopic (exact) mass is 292 g/mol. The van der Waals surface area contributed by atoms with Gasteiger partial charge in [0.1, 0.15) is 5.69 Å². The number of likely N-dealkylation sites (N-methyl/N-ethyl adjacent to an activating group) is 1. The molecule has 0 radical (unpaired) electrons. The van der Waals surface area contributed by atoms with E-state index in [0.29, 0.717) is 0 Å². The number of imidazole rings is 1. The molecule has 2 aromatic heterocycles. The third-order valence-electron chi connectivity index (χ3n) is 3.54. The van der Waals surface area contributed by atoms with Crippen LogP contribution in [-0.2, 0) is 13.6 Å². The highest BCUT2D eigenvalue weighted by atomic mass is 16.5. The minimum Gasteiger partial charge on any atom is -0.493 e. The van der Waals surface area contributed by atoms with E-state index in [2.05, 4.69) is 34.4 Å². The van der Waals surface area contributed by atoms with Gasteiger partial charge >= 0.3 is 0 Å². The van der Waals surface area contributed by atoms with Crippen molar-refractivity contribution in [2.45, 2.75) is 12.6 Å². The van der Waals surface area contributed by atoms with Crippen molar-refractivity contribution in [1.82, 2.24) is 29.5 Å². The molecule has 0 aliphatic carbocycles. The molecule has 2 rings (SSSR count). The SMILES string of the molecule is CNC(c1cncn1C)c1c(OC)cnn1CCN(C)C. The van der Waals surface area contributed by atoms with E-state index in [1.807, 2.05) is 29.5 Å². The standard InChI is InChI=1S/C14H24N6O/c1-15-13(11-8-16-10-19(11)4)14-12(21-5)9-17-20(14)7-6-18(2)3/h8-10,13,15H,6-7H2,1-5H3. The van der Waals surface area contributed by atoms with E-state index in [1.54, 1.807) is 19.6 Å². The first-order valence-corrected chi connectivity index (χ1v) is 6.96. The molecule has 7 heteroatoms. The van der Waals surface area contributed by atoms with Gasteiger partial charge in [-0.15, -0.1) is 0 Å². The van der Waals surface area contributed by atoms with Gasteiger partial charge in [0.15, 0.2) is 5.75 Å². The van der Waals surface area contributed by atoms with Gasteiger partial charge in [-0.1, -0.05) is 0 Å². The van der Waals surface area contributed by atoms with Crippen LogP contribution in [0.15, 0.2) is 18.7 Å². The molecule has 116 valence electrons. The molecule has 2 heterocycles. The number of hydrogen-bond acceptors (Lipinski definition) is 5. The normalized spacial score (nSPS) is 12.9. The minimum absolute atomic E-state index is 0.0166. The van der Waals surface area contributed by atoms with E-state index >= 15 is 0 Å². The summed E-state index contributed by atoms with van der Waals surface area (Å²) >= 11 is 0. The highest BCUT2D eigenvalue weighted by Crippen LogP contribution is 2.29. The Morgan fingerprint density at radius 1 is 1.38 bits per heavy atom. The Kier molecular flexibility index (Phi) is 4.98. The quantitative estimate of drug-likeness (QED) is 0.805. The number of aryl methyl sites for hydroxylation is 1. The Morgan fingerprint density at radius 2 is 2.14 bits per heavy atom. The van der Waals surface area contributed by atoms with Gasteiger partial charge < -0.3 is 19.5 Å². The lowest BCUT2D eigenvalue weighted by Gasteiger charge is -2.20. The third kappa shape index (κ3) is 3.25. The molecule has 0 fully saturated rings. The average Bonchev–Trinajstić information content (AvgIpc) is 3.05. The topological polar surface area (TPSA) is 60.1 Å². The summed E-state index contributed by atoms with van der Waals surface area (Å²) in [7, 11) is 9.70. The molecular weight excluding hydrogens is 268 g/mol. The summed E-state index contributed by atoms with van der Waals surface area (Å²) in [4.78, 5) is 6.34. The molecule has 2 aromatic rings. The van der Waals surface area contributed by atoms with Crippen molar-refractivity contribution < 1.29 is 4.74 Å². The lowest BCUT2D eigenvalue weighted by atomic mass is 10.1. The zero-order valence-electron chi connectivity index (χ0n) is 13.4. The maximum Gasteiger partial charge on any atom is 0.161 e. The Labute approximate surface area is 125 Å². The fraction of sp³-hybridized carbons (Fsp3) is 0.571. The van der Waals surface area contributed by atoms with Gasteiger partial charge in [-0.2, -0.15) is 5.10 Å². The second kappa shape index (κ2) is 6.73. The first-order valence-electron chi connectivity index (χ1n) is 6.96. The Balaban J connectivity index is 2.39. The molecule has 0 aromatic carbocycles.